The van der Waals surface area contributed by atoms with Gasteiger partial charge in [-0.15, -0.1) is 11.8 Å². The third-order valence-corrected chi connectivity index (χ3v) is 4.41. The van der Waals surface area contributed by atoms with Crippen LogP contribution in [-0.4, -0.2) is 36.0 Å². The Kier molecular flexibility index (Phi) is 7.82. The van der Waals surface area contributed by atoms with Crippen LogP contribution in [0.4, 0.5) is 5.69 Å². The van der Waals surface area contributed by atoms with Gasteiger partial charge < -0.3 is 9.47 Å². The molecule has 148 valence electrons. The fraction of sp³-hybridized carbons (Fsp3) is 0.263. The van der Waals surface area contributed by atoms with Gasteiger partial charge in [0.1, 0.15) is 0 Å². The number of hydrogen-bond donors (Lipinski definition) is 1. The van der Waals surface area contributed by atoms with Gasteiger partial charge in [-0.1, -0.05) is 6.07 Å². The van der Waals surface area contributed by atoms with E-state index in [1.54, 1.807) is 31.4 Å². The van der Waals surface area contributed by atoms with E-state index in [2.05, 4.69) is 10.5 Å². The summed E-state index contributed by atoms with van der Waals surface area (Å²) in [4.78, 5) is 22.9. The molecule has 0 aliphatic heterocycles. The van der Waals surface area contributed by atoms with Crippen LogP contribution in [0.1, 0.15) is 19.4 Å². The van der Waals surface area contributed by atoms with Crippen molar-refractivity contribution >= 4 is 29.6 Å². The Bertz CT molecular complexity index is 853. The molecule has 1 N–H and O–H groups in total. The smallest absolute Gasteiger partial charge is 0.269 e. The number of benzene rings is 2. The maximum absolute atomic E-state index is 12.0. The molecule has 0 saturated heterocycles. The lowest BCUT2D eigenvalue weighted by Gasteiger charge is -2.15. The van der Waals surface area contributed by atoms with Crippen LogP contribution in [0.15, 0.2) is 52.5 Å². The molecule has 0 radical (unpaired) electrons. The molecule has 0 heterocycles. The van der Waals surface area contributed by atoms with E-state index in [-0.39, 0.29) is 23.5 Å². The van der Waals surface area contributed by atoms with E-state index >= 15 is 0 Å². The Morgan fingerprint density at radius 2 is 2.00 bits per heavy atom. The third-order valence-electron chi connectivity index (χ3n) is 3.39. The maximum Gasteiger partial charge on any atom is 0.269 e. The third kappa shape index (κ3) is 6.27. The molecule has 0 saturated carbocycles. The zero-order valence-corrected chi connectivity index (χ0v) is 16.6. The molecule has 8 nitrogen and oxygen atoms in total. The molecule has 1 amide bonds. The molecule has 2 rings (SSSR count). The molecule has 9 heteroatoms. The number of amides is 1. The van der Waals surface area contributed by atoms with Crippen LogP contribution in [0.25, 0.3) is 0 Å². The van der Waals surface area contributed by atoms with Crippen molar-refractivity contribution in [3.05, 3.63) is 58.1 Å². The fourth-order valence-electron chi connectivity index (χ4n) is 2.18. The highest BCUT2D eigenvalue weighted by molar-refractivity contribution is 8.00. The van der Waals surface area contributed by atoms with Crippen molar-refractivity contribution < 1.29 is 19.2 Å². The number of hydrazone groups is 1. The van der Waals surface area contributed by atoms with Gasteiger partial charge in [0.2, 0.25) is 5.91 Å². The van der Waals surface area contributed by atoms with Gasteiger partial charge in [0, 0.05) is 22.6 Å². The first-order valence-corrected chi connectivity index (χ1v) is 9.42. The quantitative estimate of drug-likeness (QED) is 0.297. The first-order valence-electron chi connectivity index (χ1n) is 8.43. The topological polar surface area (TPSA) is 103 Å². The zero-order valence-electron chi connectivity index (χ0n) is 15.7. The lowest BCUT2D eigenvalue weighted by Crippen LogP contribution is -2.19. The van der Waals surface area contributed by atoms with Crippen LogP contribution in [0.5, 0.6) is 11.5 Å². The summed E-state index contributed by atoms with van der Waals surface area (Å²) in [6, 6.07) is 11.4. The summed E-state index contributed by atoms with van der Waals surface area (Å²) < 4.78 is 11.1. The SMILES string of the molecule is COc1cccc(/C=N\NC(=O)CSc2ccc([N+](=O)[O-])cc2)c1OC(C)C. The van der Waals surface area contributed by atoms with E-state index in [0.717, 1.165) is 4.90 Å². The minimum atomic E-state index is -0.467. The van der Waals surface area contributed by atoms with Crippen LogP contribution in [-0.2, 0) is 4.79 Å². The number of nitro groups is 1. The predicted molar refractivity (Wildman–Crippen MR) is 108 cm³/mol. The highest BCUT2D eigenvalue weighted by Gasteiger charge is 2.11. The highest BCUT2D eigenvalue weighted by atomic mass is 32.2. The molecule has 0 unspecified atom stereocenters. The van der Waals surface area contributed by atoms with E-state index in [9.17, 15) is 14.9 Å². The van der Waals surface area contributed by atoms with Crippen LogP contribution in [0, 0.1) is 10.1 Å². The zero-order chi connectivity index (χ0) is 20.5. The molecule has 28 heavy (non-hydrogen) atoms. The number of thioether (sulfide) groups is 1. The lowest BCUT2D eigenvalue weighted by molar-refractivity contribution is -0.384. The number of non-ortho nitro benzene ring substituents is 1. The Labute approximate surface area is 167 Å². The van der Waals surface area contributed by atoms with Crippen LogP contribution in [0.2, 0.25) is 0 Å². The molecule has 0 fully saturated rings. The Morgan fingerprint density at radius 1 is 1.29 bits per heavy atom. The molecule has 0 aliphatic rings. The van der Waals surface area contributed by atoms with Gasteiger partial charge >= 0.3 is 0 Å². The van der Waals surface area contributed by atoms with E-state index in [0.29, 0.717) is 17.1 Å². The second kappa shape index (κ2) is 10.3. The van der Waals surface area contributed by atoms with Crippen LogP contribution >= 0.6 is 11.8 Å². The van der Waals surface area contributed by atoms with Gasteiger partial charge in [0.05, 0.1) is 30.1 Å². The molecule has 2 aromatic carbocycles. The standard InChI is InChI=1S/C19H21N3O5S/c1-13(2)27-19-14(5-4-6-17(19)26-3)11-20-21-18(23)12-28-16-9-7-15(8-10-16)22(24)25/h4-11,13H,12H2,1-3H3,(H,21,23)/b20-11-. The summed E-state index contributed by atoms with van der Waals surface area (Å²) >= 11 is 1.26. The predicted octanol–water partition coefficient (Wildman–Crippen LogP) is 3.63. The average molecular weight is 403 g/mol. The monoisotopic (exact) mass is 403 g/mol. The number of ether oxygens (including phenoxy) is 2. The Morgan fingerprint density at radius 3 is 2.61 bits per heavy atom. The largest absolute Gasteiger partial charge is 0.493 e. The van der Waals surface area contributed by atoms with Crippen molar-refractivity contribution in [2.45, 2.75) is 24.8 Å². The van der Waals surface area contributed by atoms with E-state index in [1.807, 2.05) is 19.9 Å². The van der Waals surface area contributed by atoms with E-state index in [4.69, 9.17) is 9.47 Å². The van der Waals surface area contributed by atoms with Gasteiger partial charge in [-0.3, -0.25) is 14.9 Å². The fourth-order valence-corrected chi connectivity index (χ4v) is 2.87. The second-order valence-corrected chi connectivity index (χ2v) is 6.93. The number of methoxy groups -OCH3 is 1. The van der Waals surface area contributed by atoms with Gasteiger partial charge in [-0.05, 0) is 38.1 Å². The minimum absolute atomic E-state index is 0.0103. The molecule has 0 aromatic heterocycles. The van der Waals surface area contributed by atoms with Crippen LogP contribution < -0.4 is 14.9 Å². The normalized spacial score (nSPS) is 10.9. The Hall–Kier alpha value is -3.07. The van der Waals surface area contributed by atoms with Crippen molar-refractivity contribution in [1.82, 2.24) is 5.43 Å². The van der Waals surface area contributed by atoms with E-state index < -0.39 is 4.92 Å². The molecule has 0 atom stereocenters. The van der Waals surface area contributed by atoms with Crippen molar-refractivity contribution in [1.29, 1.82) is 0 Å². The second-order valence-electron chi connectivity index (χ2n) is 5.88. The summed E-state index contributed by atoms with van der Waals surface area (Å²) in [5.74, 6) is 0.965. The van der Waals surface area contributed by atoms with Crippen molar-refractivity contribution in [2.24, 2.45) is 5.10 Å². The number of hydrogen-bond acceptors (Lipinski definition) is 7. The summed E-state index contributed by atoms with van der Waals surface area (Å²) in [6.45, 7) is 3.81. The summed E-state index contributed by atoms with van der Waals surface area (Å²) in [6.07, 6.45) is 1.45. The molecular weight excluding hydrogens is 382 g/mol. The maximum atomic E-state index is 12.0. The number of carbonyl (C=O) groups is 1. The summed E-state index contributed by atoms with van der Waals surface area (Å²) in [7, 11) is 1.56. The number of nitro benzene ring substituents is 1. The van der Waals surface area contributed by atoms with Crippen LogP contribution in [0.3, 0.4) is 0 Å². The number of rotatable bonds is 9. The molecule has 0 aliphatic carbocycles. The van der Waals surface area contributed by atoms with Crippen molar-refractivity contribution in [3.8, 4) is 11.5 Å². The molecule has 0 bridgehead atoms. The average Bonchev–Trinajstić information content (AvgIpc) is 2.67. The summed E-state index contributed by atoms with van der Waals surface area (Å²) in [5, 5.41) is 14.6. The molecular formula is C19H21N3O5S. The molecule has 2 aromatic rings. The van der Waals surface area contributed by atoms with Crippen molar-refractivity contribution in [3.63, 3.8) is 0 Å². The van der Waals surface area contributed by atoms with Crippen molar-refractivity contribution in [2.75, 3.05) is 12.9 Å². The number of para-hydroxylation sites is 1. The first kappa shape index (κ1) is 21.2. The lowest BCUT2D eigenvalue weighted by atomic mass is 10.2. The Balaban J connectivity index is 1.93. The number of nitrogens with zero attached hydrogens (tertiary/aromatic N) is 2. The number of carbonyl (C=O) groups excluding carboxylic acids is 1. The molecule has 0 spiro atoms. The first-order chi connectivity index (χ1) is 13.4. The van der Waals surface area contributed by atoms with Gasteiger partial charge in [0.15, 0.2) is 11.5 Å². The van der Waals surface area contributed by atoms with Gasteiger partial charge in [0.25, 0.3) is 5.69 Å². The highest BCUT2D eigenvalue weighted by Crippen LogP contribution is 2.30. The van der Waals surface area contributed by atoms with Gasteiger partial charge in [-0.25, -0.2) is 5.43 Å². The minimum Gasteiger partial charge on any atom is -0.493 e. The van der Waals surface area contributed by atoms with E-state index in [1.165, 1.54) is 30.1 Å². The number of nitrogens with one attached hydrogen (secondary N) is 1. The summed E-state index contributed by atoms with van der Waals surface area (Å²) in [5.41, 5.74) is 3.14. The van der Waals surface area contributed by atoms with Gasteiger partial charge in [-0.2, -0.15) is 5.10 Å².